The molecule has 282 valence electrons. The van der Waals surface area contributed by atoms with Crippen LogP contribution in [0.25, 0.3) is 0 Å². The lowest BCUT2D eigenvalue weighted by Crippen LogP contribution is -2.61. The van der Waals surface area contributed by atoms with Gasteiger partial charge in [-0.3, -0.25) is 28.8 Å². The monoisotopic (exact) mass is 704 g/mol. The van der Waals surface area contributed by atoms with Crippen molar-refractivity contribution in [3.05, 3.63) is 6.92 Å². The van der Waals surface area contributed by atoms with Gasteiger partial charge in [0.2, 0.25) is 35.4 Å². The molecule has 14 heteroatoms. The third kappa shape index (κ3) is 11.1. The predicted molar refractivity (Wildman–Crippen MR) is 186 cm³/mol. The largest absolute Gasteiger partial charge is 0.391 e. The molecule has 8 atom stereocenters. The second-order valence-electron chi connectivity index (χ2n) is 14.8. The Morgan fingerprint density at radius 2 is 1.44 bits per heavy atom. The van der Waals surface area contributed by atoms with E-state index in [4.69, 9.17) is 6.92 Å². The van der Waals surface area contributed by atoms with Crippen molar-refractivity contribution in [3.63, 3.8) is 0 Å². The van der Waals surface area contributed by atoms with E-state index in [1.807, 2.05) is 20.8 Å². The van der Waals surface area contributed by atoms with Crippen molar-refractivity contribution in [2.24, 2.45) is 17.8 Å². The lowest BCUT2D eigenvalue weighted by atomic mass is 9.79. The highest BCUT2D eigenvalue weighted by Gasteiger charge is 2.43. The maximum atomic E-state index is 13.9. The highest BCUT2D eigenvalue weighted by molar-refractivity contribution is 5.97. The first-order chi connectivity index (χ1) is 23.7. The third-order valence-corrected chi connectivity index (χ3v) is 10.3. The van der Waals surface area contributed by atoms with E-state index in [2.05, 4.69) is 28.2 Å². The van der Waals surface area contributed by atoms with E-state index in [1.54, 1.807) is 0 Å². The Labute approximate surface area is 297 Å². The van der Waals surface area contributed by atoms with Gasteiger partial charge in [0.15, 0.2) is 0 Å². The molecule has 14 nitrogen and oxygen atoms in total. The van der Waals surface area contributed by atoms with Crippen LogP contribution in [0.4, 0.5) is 0 Å². The van der Waals surface area contributed by atoms with Crippen LogP contribution in [-0.4, -0.2) is 118 Å². The molecule has 0 spiro atoms. The van der Waals surface area contributed by atoms with Gasteiger partial charge in [0.25, 0.3) is 0 Å². The first-order valence-corrected chi connectivity index (χ1v) is 18.6. The number of hydrogen-bond acceptors (Lipinski definition) is 8. The highest BCUT2D eigenvalue weighted by atomic mass is 16.3. The van der Waals surface area contributed by atoms with E-state index < -0.39 is 66.0 Å². The molecule has 3 aliphatic rings. The summed E-state index contributed by atoms with van der Waals surface area (Å²) >= 11 is 0. The summed E-state index contributed by atoms with van der Waals surface area (Å²) in [5.74, 6) is -2.90. The molecule has 3 rings (SSSR count). The zero-order chi connectivity index (χ0) is 37.1. The number of aliphatic hydroxyl groups excluding tert-OH is 2. The van der Waals surface area contributed by atoms with Crippen molar-refractivity contribution in [3.8, 4) is 0 Å². The van der Waals surface area contributed by atoms with Crippen molar-refractivity contribution in [2.45, 2.75) is 148 Å². The Morgan fingerprint density at radius 3 is 2.06 bits per heavy atom. The first kappa shape index (κ1) is 41.2. The van der Waals surface area contributed by atoms with E-state index in [9.17, 15) is 39.0 Å². The van der Waals surface area contributed by atoms with Crippen LogP contribution in [0.1, 0.15) is 105 Å². The molecule has 6 N–H and O–H groups in total. The number of nitrogens with one attached hydrogen (secondary N) is 4. The summed E-state index contributed by atoms with van der Waals surface area (Å²) in [5.41, 5.74) is 0. The zero-order valence-corrected chi connectivity index (χ0v) is 30.5. The SMILES string of the molecule is [CH][C@H](NC(=O)[C@@H]1CCCCN1C(=O)[C@@H](NC(=O)C[C@H](C)C1CCCCC1)C(C)C)C(=O)N1C[C@H](O)C[C@H]1C(=O)N[C@H](C(=O)NCCC)C(C)O. The average molecular weight is 705 g/mol. The number of likely N-dealkylation sites (tertiary alicyclic amines) is 2. The van der Waals surface area contributed by atoms with Gasteiger partial charge in [-0.2, -0.15) is 0 Å². The smallest absolute Gasteiger partial charge is 0.246 e. The minimum atomic E-state index is -1.59. The van der Waals surface area contributed by atoms with Gasteiger partial charge < -0.3 is 41.3 Å². The van der Waals surface area contributed by atoms with Gasteiger partial charge in [0.05, 0.1) is 12.2 Å². The number of piperidine rings is 1. The van der Waals surface area contributed by atoms with E-state index >= 15 is 0 Å². The predicted octanol–water partition coefficient (Wildman–Crippen LogP) is 0.664. The van der Waals surface area contributed by atoms with Gasteiger partial charge >= 0.3 is 0 Å². The molecule has 2 saturated heterocycles. The molecule has 0 bridgehead atoms. The number of aliphatic hydroxyl groups is 2. The van der Waals surface area contributed by atoms with Crippen LogP contribution >= 0.6 is 0 Å². The van der Waals surface area contributed by atoms with Crippen molar-refractivity contribution >= 4 is 35.4 Å². The van der Waals surface area contributed by atoms with Crippen LogP contribution in [0.2, 0.25) is 0 Å². The quantitative estimate of drug-likeness (QED) is 0.143. The molecule has 1 unspecified atom stereocenters. The summed E-state index contributed by atoms with van der Waals surface area (Å²) in [5, 5.41) is 31.1. The number of amides is 6. The molecule has 1 aliphatic carbocycles. The molecular weight excluding hydrogens is 644 g/mol. The van der Waals surface area contributed by atoms with Crippen LogP contribution in [0.5, 0.6) is 0 Å². The Kier molecular flexibility index (Phi) is 16.0. The summed E-state index contributed by atoms with van der Waals surface area (Å²) in [6.07, 6.45) is 6.04. The first-order valence-electron chi connectivity index (χ1n) is 18.6. The number of rotatable bonds is 15. The van der Waals surface area contributed by atoms with E-state index in [0.29, 0.717) is 51.1 Å². The highest BCUT2D eigenvalue weighted by Crippen LogP contribution is 2.31. The maximum Gasteiger partial charge on any atom is 0.246 e. The molecule has 50 heavy (non-hydrogen) atoms. The molecule has 1 saturated carbocycles. The fraction of sp³-hybridized carbons (Fsp3) is 0.806. The molecule has 0 aromatic carbocycles. The zero-order valence-electron chi connectivity index (χ0n) is 30.5. The molecule has 2 radical (unpaired) electrons. The number of β-amino-alcohol motifs (C(OH)–C–C–N with tert-alkyl or cyclic N) is 1. The summed E-state index contributed by atoms with van der Waals surface area (Å²) in [7, 11) is 0. The number of carbonyl (C=O) groups is 6. The standard InChI is InChI=1S/C36H60N6O8/c1-7-16-37-34(48)31(24(6)43)40-33(47)28-19-26(44)20-42(28)35(49)23(5)38-32(46)27-15-11-12-17-41(27)36(50)30(21(2)3)39-29(45)18-22(4)25-13-9-8-10-14-25/h5,21-28,30-31,43-44H,7-20H2,1-4,6H3,(H,37,48)(H,38,46)(H,39,45)(H,40,47)/t22-,23-,24?,26+,27-,28-,30-,31-/m0/s1. The molecular formula is C36H60N6O8. The van der Waals surface area contributed by atoms with Gasteiger partial charge in [-0.25, -0.2) is 0 Å². The van der Waals surface area contributed by atoms with Crippen LogP contribution in [0, 0.1) is 24.7 Å². The van der Waals surface area contributed by atoms with Gasteiger partial charge in [-0.05, 0) is 57.3 Å². The lowest BCUT2D eigenvalue weighted by Gasteiger charge is -2.38. The van der Waals surface area contributed by atoms with Gasteiger partial charge in [0, 0.05) is 32.5 Å². The second-order valence-corrected chi connectivity index (χ2v) is 14.8. The summed E-state index contributed by atoms with van der Waals surface area (Å²) < 4.78 is 0. The minimum absolute atomic E-state index is 0.131. The molecule has 0 aromatic rings. The van der Waals surface area contributed by atoms with Gasteiger partial charge in [0.1, 0.15) is 30.2 Å². The second kappa shape index (κ2) is 19.4. The molecule has 0 aromatic heterocycles. The number of hydrogen-bond donors (Lipinski definition) is 6. The van der Waals surface area contributed by atoms with Crippen LogP contribution < -0.4 is 21.3 Å². The summed E-state index contributed by atoms with van der Waals surface area (Å²) in [6.45, 7) is 15.6. The van der Waals surface area contributed by atoms with Crippen LogP contribution in [-0.2, 0) is 28.8 Å². The minimum Gasteiger partial charge on any atom is -0.391 e. The van der Waals surface area contributed by atoms with E-state index in [0.717, 1.165) is 17.7 Å². The molecule has 3 fully saturated rings. The Morgan fingerprint density at radius 1 is 0.800 bits per heavy atom. The van der Waals surface area contributed by atoms with Crippen molar-refractivity contribution in [1.82, 2.24) is 31.1 Å². The van der Waals surface area contributed by atoms with Crippen molar-refractivity contribution < 1.29 is 39.0 Å². The maximum absolute atomic E-state index is 13.9. The Bertz CT molecular complexity index is 1190. The fourth-order valence-electron chi connectivity index (χ4n) is 7.36. The molecule has 2 aliphatic heterocycles. The van der Waals surface area contributed by atoms with E-state index in [-0.39, 0.29) is 36.6 Å². The fourth-order valence-corrected chi connectivity index (χ4v) is 7.36. The molecule has 6 amide bonds. The summed E-state index contributed by atoms with van der Waals surface area (Å²) in [6, 6.07) is -5.84. The van der Waals surface area contributed by atoms with Crippen LogP contribution in [0.3, 0.4) is 0 Å². The van der Waals surface area contributed by atoms with Gasteiger partial charge in [-0.1, -0.05) is 59.8 Å². The van der Waals surface area contributed by atoms with Crippen molar-refractivity contribution in [1.29, 1.82) is 0 Å². The average Bonchev–Trinajstić information content (AvgIpc) is 3.49. The number of carbonyl (C=O) groups excluding carboxylic acids is 6. The Hall–Kier alpha value is -3.26. The normalized spacial score (nSPS) is 24.5. The topological polar surface area (TPSA) is 197 Å². The Balaban J connectivity index is 1.65. The lowest BCUT2D eigenvalue weighted by molar-refractivity contribution is -0.147. The molecule has 2 heterocycles. The van der Waals surface area contributed by atoms with Gasteiger partial charge in [-0.15, -0.1) is 0 Å². The number of nitrogens with zero attached hydrogens (tertiary/aromatic N) is 2. The third-order valence-electron chi connectivity index (χ3n) is 10.3. The van der Waals surface area contributed by atoms with Crippen LogP contribution in [0.15, 0.2) is 0 Å². The summed E-state index contributed by atoms with van der Waals surface area (Å²) in [4.78, 5) is 82.4. The van der Waals surface area contributed by atoms with E-state index in [1.165, 1.54) is 31.1 Å². The van der Waals surface area contributed by atoms with Crippen molar-refractivity contribution in [2.75, 3.05) is 19.6 Å².